The number of aryl methyl sites for hydroxylation is 1. The number of rotatable bonds is 6. The zero-order valence-corrected chi connectivity index (χ0v) is 19.7. The fourth-order valence-corrected chi connectivity index (χ4v) is 5.23. The van der Waals surface area contributed by atoms with E-state index in [9.17, 15) is 9.90 Å². The number of nitrogens with zero attached hydrogens (tertiary/aromatic N) is 3. The van der Waals surface area contributed by atoms with Crippen molar-refractivity contribution in [2.45, 2.75) is 25.4 Å². The van der Waals surface area contributed by atoms with E-state index in [0.717, 1.165) is 23.4 Å². The van der Waals surface area contributed by atoms with E-state index in [1.165, 1.54) is 5.56 Å². The summed E-state index contributed by atoms with van der Waals surface area (Å²) >= 11 is 0. The van der Waals surface area contributed by atoms with Crippen molar-refractivity contribution in [3.8, 4) is 0 Å². The van der Waals surface area contributed by atoms with Gasteiger partial charge in [-0.3, -0.25) is 15.3 Å². The van der Waals surface area contributed by atoms with Crippen molar-refractivity contribution in [3.63, 3.8) is 0 Å². The van der Waals surface area contributed by atoms with Gasteiger partial charge in [-0.15, -0.1) is 0 Å². The largest absolute Gasteiger partial charge is 0.398 e. The molecule has 2 aliphatic heterocycles. The third-order valence-electron chi connectivity index (χ3n) is 6.98. The second-order valence-corrected chi connectivity index (χ2v) is 9.28. The molecule has 8 heteroatoms. The normalized spacial score (nSPS) is 19.9. The van der Waals surface area contributed by atoms with Crippen LogP contribution in [-0.4, -0.2) is 63.9 Å². The first-order chi connectivity index (χ1) is 16.9. The second-order valence-electron chi connectivity index (χ2n) is 9.28. The molecule has 2 aliphatic rings. The summed E-state index contributed by atoms with van der Waals surface area (Å²) in [6.45, 7) is 4.46. The molecule has 0 bridgehead atoms. The van der Waals surface area contributed by atoms with Crippen molar-refractivity contribution < 1.29 is 9.90 Å². The minimum atomic E-state index is -0.152. The second kappa shape index (κ2) is 9.48. The number of carbonyl (C=O) groups is 1. The van der Waals surface area contributed by atoms with Crippen LogP contribution in [0.4, 0.5) is 16.2 Å². The maximum absolute atomic E-state index is 13.2. The van der Waals surface area contributed by atoms with Gasteiger partial charge < -0.3 is 21.1 Å². The van der Waals surface area contributed by atoms with Gasteiger partial charge in [0.25, 0.3) is 0 Å². The molecule has 3 aromatic rings. The lowest BCUT2D eigenvalue weighted by Gasteiger charge is -2.37. The van der Waals surface area contributed by atoms with Gasteiger partial charge in [-0.25, -0.2) is 4.79 Å². The van der Waals surface area contributed by atoms with E-state index in [-0.39, 0.29) is 24.6 Å². The van der Waals surface area contributed by atoms with Crippen LogP contribution in [0.15, 0.2) is 60.8 Å². The average molecular weight is 471 g/mol. The smallest absolute Gasteiger partial charge is 0.322 e. The van der Waals surface area contributed by atoms with Crippen LogP contribution < -0.4 is 11.1 Å². The highest BCUT2D eigenvalue weighted by atomic mass is 16.3. The lowest BCUT2D eigenvalue weighted by molar-refractivity contribution is 0.170. The molecule has 2 atom stereocenters. The first-order valence-corrected chi connectivity index (χ1v) is 11.8. The van der Waals surface area contributed by atoms with Crippen LogP contribution in [0.5, 0.6) is 0 Å². The van der Waals surface area contributed by atoms with Crippen molar-refractivity contribution in [1.29, 1.82) is 5.41 Å². The predicted molar refractivity (Wildman–Crippen MR) is 137 cm³/mol. The van der Waals surface area contributed by atoms with Crippen LogP contribution in [0.3, 0.4) is 0 Å². The van der Waals surface area contributed by atoms with Gasteiger partial charge in [-0.05, 0) is 42.3 Å². The molecule has 2 aromatic carbocycles. The van der Waals surface area contributed by atoms with Crippen molar-refractivity contribution in [3.05, 3.63) is 88.7 Å². The summed E-state index contributed by atoms with van der Waals surface area (Å²) in [5, 5.41) is 21.3. The van der Waals surface area contributed by atoms with Gasteiger partial charge in [0.1, 0.15) is 0 Å². The molecule has 8 nitrogen and oxygen atoms in total. The number of hydrogen-bond donors (Lipinski definition) is 4. The highest BCUT2D eigenvalue weighted by molar-refractivity contribution is 6.14. The molecule has 35 heavy (non-hydrogen) atoms. The Kier molecular flexibility index (Phi) is 6.23. The zero-order chi connectivity index (χ0) is 24.5. The molecule has 0 aliphatic carbocycles. The number of nitrogens with one attached hydrogen (secondary N) is 2. The number of likely N-dealkylation sites (tertiary alicyclic amines) is 1. The van der Waals surface area contributed by atoms with Crippen LogP contribution in [0.2, 0.25) is 0 Å². The van der Waals surface area contributed by atoms with Crippen LogP contribution in [0.25, 0.3) is 0 Å². The summed E-state index contributed by atoms with van der Waals surface area (Å²) in [6, 6.07) is 17.4. The number of pyridine rings is 1. The highest BCUT2D eigenvalue weighted by Crippen LogP contribution is 2.36. The summed E-state index contributed by atoms with van der Waals surface area (Å²) < 4.78 is 0. The number of fused-ring (bicyclic) bond motifs is 1. The molecule has 0 spiro atoms. The lowest BCUT2D eigenvalue weighted by Crippen LogP contribution is -2.48. The van der Waals surface area contributed by atoms with Gasteiger partial charge >= 0.3 is 6.03 Å². The van der Waals surface area contributed by atoms with E-state index in [1.807, 2.05) is 42.2 Å². The molecule has 180 valence electrons. The number of hydrogen-bond acceptors (Lipinski definition) is 6. The number of nitrogen functional groups attached to an aromatic ring is 1. The van der Waals surface area contributed by atoms with Gasteiger partial charge in [0.15, 0.2) is 0 Å². The molecule has 5 rings (SSSR count). The van der Waals surface area contributed by atoms with Crippen LogP contribution in [0, 0.1) is 12.3 Å². The van der Waals surface area contributed by atoms with Gasteiger partial charge in [0.2, 0.25) is 0 Å². The minimum Gasteiger partial charge on any atom is -0.398 e. The maximum atomic E-state index is 13.2. The van der Waals surface area contributed by atoms with Crippen molar-refractivity contribution in [1.82, 2.24) is 14.8 Å². The Labute approximate surface area is 204 Å². The fourth-order valence-electron chi connectivity index (χ4n) is 5.23. The Balaban J connectivity index is 1.46. The number of nitrogens with two attached hydrogens (primary N) is 1. The number of aromatic nitrogens is 1. The van der Waals surface area contributed by atoms with Gasteiger partial charge in [0, 0.05) is 66.5 Å². The zero-order valence-electron chi connectivity index (χ0n) is 19.7. The third kappa shape index (κ3) is 4.50. The molecule has 0 saturated carbocycles. The molecule has 2 amide bonds. The lowest BCUT2D eigenvalue weighted by atomic mass is 9.92. The number of anilines is 2. The van der Waals surface area contributed by atoms with E-state index in [1.54, 1.807) is 18.3 Å². The predicted octanol–water partition coefficient (Wildman–Crippen LogP) is 3.20. The summed E-state index contributed by atoms with van der Waals surface area (Å²) in [7, 11) is 0. The van der Waals surface area contributed by atoms with Gasteiger partial charge in [0.05, 0.1) is 18.4 Å². The number of urea groups is 1. The fraction of sp³-hybridized carbons (Fsp3) is 0.296. The Bertz CT molecular complexity index is 1260. The number of aliphatic hydroxyl groups is 1. The Morgan fingerprint density at radius 2 is 2.00 bits per heavy atom. The quantitative estimate of drug-likeness (QED) is 0.326. The third-order valence-corrected chi connectivity index (χ3v) is 6.98. The average Bonchev–Trinajstić information content (AvgIpc) is 3.27. The molecule has 1 saturated heterocycles. The molecule has 0 radical (unpaired) electrons. The minimum absolute atomic E-state index is 0.0413. The van der Waals surface area contributed by atoms with Crippen molar-refractivity contribution >= 4 is 23.1 Å². The molecule has 3 heterocycles. The van der Waals surface area contributed by atoms with Gasteiger partial charge in [-0.2, -0.15) is 0 Å². The molecule has 1 fully saturated rings. The summed E-state index contributed by atoms with van der Waals surface area (Å²) in [6.07, 6.45) is 1.69. The van der Waals surface area contributed by atoms with Crippen molar-refractivity contribution in [2.24, 2.45) is 0 Å². The standard InChI is InChI=1S/C27H30N6O2/c1-17-11-19(7-8-30-17)26(29)21-12-20-14-33(27(35)31-24(20)13-23(21)28)25-16-32(9-10-34)15-22(25)18-5-3-2-4-6-18/h2-8,11-13,22,25,29,34H,9-10,14-16,28H2,1H3,(H,31,35)/t22?,25-/m1/s1. The summed E-state index contributed by atoms with van der Waals surface area (Å²) in [4.78, 5) is 21.5. The Morgan fingerprint density at radius 3 is 2.74 bits per heavy atom. The first kappa shape index (κ1) is 23.0. The maximum Gasteiger partial charge on any atom is 0.322 e. The van der Waals surface area contributed by atoms with E-state index >= 15 is 0 Å². The monoisotopic (exact) mass is 470 g/mol. The van der Waals surface area contributed by atoms with Crippen LogP contribution >= 0.6 is 0 Å². The molecule has 5 N–H and O–H groups in total. The van der Waals surface area contributed by atoms with E-state index < -0.39 is 0 Å². The Morgan fingerprint density at radius 1 is 1.20 bits per heavy atom. The number of aliphatic hydroxyl groups excluding tert-OH is 1. The van der Waals surface area contributed by atoms with Gasteiger partial charge in [-0.1, -0.05) is 30.3 Å². The van der Waals surface area contributed by atoms with Crippen LogP contribution in [-0.2, 0) is 6.54 Å². The van der Waals surface area contributed by atoms with E-state index in [0.29, 0.717) is 42.3 Å². The summed E-state index contributed by atoms with van der Waals surface area (Å²) in [5.74, 6) is 0.140. The molecular weight excluding hydrogens is 440 g/mol. The topological polar surface area (TPSA) is 119 Å². The summed E-state index contributed by atoms with van der Waals surface area (Å²) in [5.41, 5.74) is 12.1. The number of carbonyl (C=O) groups excluding carboxylic acids is 1. The molecular formula is C27H30N6O2. The molecule has 1 unspecified atom stereocenters. The highest BCUT2D eigenvalue weighted by Gasteiger charge is 2.41. The first-order valence-electron chi connectivity index (χ1n) is 11.8. The molecule has 1 aromatic heterocycles. The van der Waals surface area contributed by atoms with Crippen molar-refractivity contribution in [2.75, 3.05) is 37.3 Å². The van der Waals surface area contributed by atoms with E-state index in [2.05, 4.69) is 27.3 Å². The number of β-amino-alcohol motifs (C(OH)–C–C–N with tert-alkyl or cyclic N) is 1. The van der Waals surface area contributed by atoms with Crippen LogP contribution in [0.1, 0.15) is 33.9 Å². The number of amides is 2. The SMILES string of the molecule is Cc1cc(C(=N)c2cc3c(cc2N)NC(=O)N([C@@H]2CN(CCO)CC2c2ccccc2)C3)ccn1. The van der Waals surface area contributed by atoms with E-state index in [4.69, 9.17) is 11.1 Å². The Hall–Kier alpha value is -3.75. The number of benzene rings is 2.